The molecule has 0 saturated carbocycles. The molecule has 19 heteroatoms. The molecule has 5 heterocycles. The van der Waals surface area contributed by atoms with Gasteiger partial charge in [0.15, 0.2) is 11.6 Å². The number of rotatable bonds is 10. The summed E-state index contributed by atoms with van der Waals surface area (Å²) >= 11 is 1.55. The summed E-state index contributed by atoms with van der Waals surface area (Å²) < 4.78 is 71.8. The van der Waals surface area contributed by atoms with E-state index in [0.717, 1.165) is 20.9 Å². The summed E-state index contributed by atoms with van der Waals surface area (Å²) in [6.07, 6.45) is 1.57. The van der Waals surface area contributed by atoms with E-state index in [1.165, 1.54) is 28.3 Å². The lowest BCUT2D eigenvalue weighted by Gasteiger charge is -2.40. The summed E-state index contributed by atoms with van der Waals surface area (Å²) in [5.41, 5.74) is 1.25. The molecule has 16 nitrogen and oxygen atoms in total. The summed E-state index contributed by atoms with van der Waals surface area (Å²) in [6.45, 7) is 3.23. The number of hydrogen-bond acceptors (Lipinski definition) is 14. The minimum absolute atomic E-state index is 0.127. The van der Waals surface area contributed by atoms with E-state index >= 15 is 0 Å². The van der Waals surface area contributed by atoms with Crippen LogP contribution in [0.5, 0.6) is 11.9 Å². The zero-order valence-corrected chi connectivity index (χ0v) is 26.2. The Morgan fingerprint density at radius 3 is 2.24 bits per heavy atom. The number of quaternary nitrogens is 1. The Morgan fingerprint density at radius 1 is 0.976 bits per heavy atom. The Kier molecular flexibility index (Phi) is 8.82. The van der Waals surface area contributed by atoms with Gasteiger partial charge in [-0.2, -0.15) is 31.3 Å². The highest BCUT2D eigenvalue weighted by molar-refractivity contribution is 7.96. The van der Waals surface area contributed by atoms with Crippen molar-refractivity contribution in [2.75, 3.05) is 85.7 Å². The Morgan fingerprint density at radius 2 is 1.64 bits per heavy atom. The molecular formula is C23H34N9O7S3+. The van der Waals surface area contributed by atoms with Crippen LogP contribution in [0.3, 0.4) is 0 Å². The van der Waals surface area contributed by atoms with Crippen molar-refractivity contribution >= 4 is 47.8 Å². The fraction of sp³-hybridized carbons (Fsp3) is 0.565. The number of methoxy groups -OCH3 is 2. The van der Waals surface area contributed by atoms with E-state index in [1.54, 1.807) is 17.5 Å². The molecule has 0 spiro atoms. The van der Waals surface area contributed by atoms with Crippen LogP contribution in [0.25, 0.3) is 21.6 Å². The quantitative estimate of drug-likeness (QED) is 0.272. The smallest absolute Gasteiger partial charge is 0.385 e. The molecule has 2 fully saturated rings. The van der Waals surface area contributed by atoms with Gasteiger partial charge in [0.05, 0.1) is 50.7 Å². The van der Waals surface area contributed by atoms with Gasteiger partial charge in [-0.25, -0.2) is 15.0 Å². The SMILES string of the molecule is CNS(=O)(=O)[N+]1(S(=O)(=O)NC)CCN(Cc2cc3nc(-c4cnc(OC)nc4OC)nc(N4CCOCC4)c3s2)CC1. The molecule has 0 amide bonds. The molecule has 3 aromatic rings. The van der Waals surface area contributed by atoms with E-state index in [4.69, 9.17) is 24.2 Å². The van der Waals surface area contributed by atoms with Gasteiger partial charge in [0, 0.05) is 44.8 Å². The molecule has 0 atom stereocenters. The van der Waals surface area contributed by atoms with Gasteiger partial charge in [0.2, 0.25) is 5.88 Å². The van der Waals surface area contributed by atoms with Crippen molar-refractivity contribution in [2.45, 2.75) is 6.54 Å². The standard InChI is InChI=1S/C23H34N9O7S3/c1-24-41(33,34)32(42(35,36)25-2)9-5-30(6-10-32)15-16-13-18-19(40-16)21(31-7-11-39-12-8-31)28-20(27-18)17-14-26-23(38-4)29-22(17)37-3/h13-14,24-25H,5-12,15H2,1-4H3/q+1. The molecular weight excluding hydrogens is 611 g/mol. The van der Waals surface area contributed by atoms with Crippen LogP contribution in [0.2, 0.25) is 0 Å². The Balaban J connectivity index is 1.47. The topological polar surface area (TPSA) is 178 Å². The monoisotopic (exact) mass is 644 g/mol. The first-order chi connectivity index (χ1) is 20.1. The van der Waals surface area contributed by atoms with Crippen LogP contribution >= 0.6 is 11.3 Å². The van der Waals surface area contributed by atoms with Gasteiger partial charge in [-0.3, -0.25) is 4.90 Å². The van der Waals surface area contributed by atoms with E-state index < -0.39 is 23.7 Å². The molecule has 5 rings (SSSR count). The summed E-state index contributed by atoms with van der Waals surface area (Å²) in [4.78, 5) is 23.4. The van der Waals surface area contributed by atoms with Gasteiger partial charge in [-0.15, -0.1) is 11.3 Å². The first-order valence-electron chi connectivity index (χ1n) is 13.1. The van der Waals surface area contributed by atoms with Crippen LogP contribution in [0.15, 0.2) is 12.3 Å². The molecule has 42 heavy (non-hydrogen) atoms. The summed E-state index contributed by atoms with van der Waals surface area (Å²) in [6, 6.07) is 2.15. The highest BCUT2D eigenvalue weighted by Crippen LogP contribution is 2.37. The molecule has 230 valence electrons. The summed E-state index contributed by atoms with van der Waals surface area (Å²) in [5.74, 6) is 1.46. The van der Waals surface area contributed by atoms with Gasteiger partial charge in [0.1, 0.15) is 18.7 Å². The molecule has 0 radical (unpaired) electrons. The number of nitrogens with one attached hydrogen (secondary N) is 2. The lowest BCUT2D eigenvalue weighted by atomic mass is 10.2. The Bertz CT molecular complexity index is 1620. The van der Waals surface area contributed by atoms with E-state index in [1.807, 2.05) is 11.0 Å². The average molecular weight is 645 g/mol. The highest BCUT2D eigenvalue weighted by atomic mass is 32.3. The summed E-state index contributed by atoms with van der Waals surface area (Å²) in [7, 11) is -2.94. The number of morpholine rings is 1. The van der Waals surface area contributed by atoms with Crippen molar-refractivity contribution in [3.05, 3.63) is 17.1 Å². The number of anilines is 1. The van der Waals surface area contributed by atoms with Crippen LogP contribution in [0, 0.1) is 0 Å². The lowest BCUT2D eigenvalue weighted by molar-refractivity contribution is -0.683. The molecule has 2 aliphatic heterocycles. The number of nitrogens with zero attached hydrogens (tertiary/aromatic N) is 7. The zero-order valence-electron chi connectivity index (χ0n) is 23.7. The fourth-order valence-corrected chi connectivity index (χ4v) is 9.63. The fourth-order valence-electron chi connectivity index (χ4n) is 5.04. The highest BCUT2D eigenvalue weighted by Gasteiger charge is 2.54. The number of piperazine rings is 1. The first-order valence-corrected chi connectivity index (χ1v) is 16.8. The largest absolute Gasteiger partial charge is 0.480 e. The number of ether oxygens (including phenoxy) is 3. The molecule has 0 unspecified atom stereocenters. The van der Waals surface area contributed by atoms with E-state index in [0.29, 0.717) is 44.2 Å². The third-order valence-electron chi connectivity index (χ3n) is 7.35. The second-order valence-corrected chi connectivity index (χ2v) is 15.1. The molecule has 2 aliphatic rings. The molecule has 2 N–H and O–H groups in total. The Hall–Kier alpha value is -2.78. The minimum atomic E-state index is -4.18. The molecule has 0 aromatic carbocycles. The summed E-state index contributed by atoms with van der Waals surface area (Å²) in [5, 5.41) is 0. The van der Waals surface area contributed by atoms with Crippen LogP contribution in [-0.4, -0.2) is 126 Å². The van der Waals surface area contributed by atoms with Crippen molar-refractivity contribution in [2.24, 2.45) is 0 Å². The second-order valence-electron chi connectivity index (χ2n) is 9.57. The van der Waals surface area contributed by atoms with E-state index in [-0.39, 0.29) is 38.1 Å². The van der Waals surface area contributed by atoms with Crippen LogP contribution in [0.4, 0.5) is 5.82 Å². The molecule has 2 saturated heterocycles. The number of thiophene rings is 1. The zero-order chi connectivity index (χ0) is 30.1. The number of fused-ring (bicyclic) bond motifs is 1. The number of hydrogen-bond donors (Lipinski definition) is 2. The van der Waals surface area contributed by atoms with Gasteiger partial charge < -0.3 is 19.1 Å². The van der Waals surface area contributed by atoms with Gasteiger partial charge in [-0.1, -0.05) is 3.29 Å². The third-order valence-corrected chi connectivity index (χ3v) is 13.1. The van der Waals surface area contributed by atoms with Crippen molar-refractivity contribution in [3.63, 3.8) is 0 Å². The number of aromatic nitrogens is 4. The lowest BCUT2D eigenvalue weighted by Crippen LogP contribution is -2.69. The second kappa shape index (κ2) is 12.1. The van der Waals surface area contributed by atoms with Gasteiger partial charge in [0.25, 0.3) is 0 Å². The maximum absolute atomic E-state index is 12.9. The molecule has 0 aliphatic carbocycles. The predicted octanol–water partition coefficient (Wildman–Crippen LogP) is -0.437. The predicted molar refractivity (Wildman–Crippen MR) is 156 cm³/mol. The third kappa shape index (κ3) is 5.50. The molecule has 3 aromatic heterocycles. The van der Waals surface area contributed by atoms with Gasteiger partial charge >= 0.3 is 26.4 Å². The maximum Gasteiger partial charge on any atom is 0.385 e. The average Bonchev–Trinajstić information content (AvgIpc) is 3.43. The normalized spacial score (nSPS) is 18.3. The van der Waals surface area contributed by atoms with E-state index in [9.17, 15) is 16.8 Å². The van der Waals surface area contributed by atoms with Crippen LogP contribution in [0.1, 0.15) is 4.88 Å². The van der Waals surface area contributed by atoms with Crippen molar-refractivity contribution in [3.8, 4) is 23.3 Å². The minimum Gasteiger partial charge on any atom is -0.480 e. The van der Waals surface area contributed by atoms with Crippen LogP contribution < -0.4 is 23.8 Å². The van der Waals surface area contributed by atoms with Gasteiger partial charge in [-0.05, 0) is 6.07 Å². The Labute approximate surface area is 248 Å². The maximum atomic E-state index is 12.9. The van der Waals surface area contributed by atoms with Crippen molar-refractivity contribution < 1.29 is 34.3 Å². The molecule has 0 bridgehead atoms. The van der Waals surface area contributed by atoms with Crippen molar-refractivity contribution in [1.82, 2.24) is 34.3 Å². The van der Waals surface area contributed by atoms with Crippen molar-refractivity contribution in [1.29, 1.82) is 0 Å². The van der Waals surface area contributed by atoms with E-state index in [2.05, 4.69) is 24.3 Å². The first kappa shape index (κ1) is 30.7. The van der Waals surface area contributed by atoms with Crippen LogP contribution in [-0.2, 0) is 31.7 Å².